The minimum atomic E-state index is 0.163. The number of fused-ring (bicyclic) bond motifs is 1. The molecule has 2 aromatic heterocycles. The van der Waals surface area contributed by atoms with E-state index < -0.39 is 0 Å². The molecule has 2 aromatic rings. The van der Waals surface area contributed by atoms with Gasteiger partial charge in [0.05, 0.1) is 5.39 Å². The highest BCUT2D eigenvalue weighted by Gasteiger charge is 2.12. The van der Waals surface area contributed by atoms with Gasteiger partial charge < -0.3 is 11.5 Å². The number of alkyl halides is 1. The van der Waals surface area contributed by atoms with Gasteiger partial charge in [0.1, 0.15) is 5.82 Å². The van der Waals surface area contributed by atoms with Crippen LogP contribution in [0, 0.1) is 0 Å². The van der Waals surface area contributed by atoms with Crippen LogP contribution in [-0.4, -0.2) is 15.0 Å². The van der Waals surface area contributed by atoms with Crippen molar-refractivity contribution in [1.82, 2.24) is 15.0 Å². The molecular formula is C11H14BrN5. The number of hydrogen-bond acceptors (Lipinski definition) is 5. The van der Waals surface area contributed by atoms with Crippen molar-refractivity contribution >= 4 is 38.7 Å². The number of nitrogen functional groups attached to an aromatic ring is 2. The lowest BCUT2D eigenvalue weighted by Crippen LogP contribution is -2.05. The van der Waals surface area contributed by atoms with Gasteiger partial charge in [-0.2, -0.15) is 9.97 Å². The van der Waals surface area contributed by atoms with Crippen LogP contribution in [0.3, 0.4) is 0 Å². The molecule has 2 heterocycles. The summed E-state index contributed by atoms with van der Waals surface area (Å²) in [6, 6.07) is 0. The summed E-state index contributed by atoms with van der Waals surface area (Å²) in [6.07, 6.45) is 3.77. The first kappa shape index (κ1) is 12.0. The Morgan fingerprint density at radius 3 is 2.71 bits per heavy atom. The predicted octanol–water partition coefficient (Wildman–Crippen LogP) is 2.04. The standard InChI is InChI=1S/C11H14BrN5/c1-2-3-7-6(4-12)5-15-10-8(7)9(13)16-11(14)17-10/h5H,2-4H2,1H3,(H4,13,14,15,16,17). The Morgan fingerprint density at radius 1 is 1.29 bits per heavy atom. The topological polar surface area (TPSA) is 90.7 Å². The van der Waals surface area contributed by atoms with Crippen LogP contribution in [0.4, 0.5) is 11.8 Å². The first-order valence-corrected chi connectivity index (χ1v) is 6.55. The Labute approximate surface area is 108 Å². The summed E-state index contributed by atoms with van der Waals surface area (Å²) < 4.78 is 0. The Balaban J connectivity index is 2.79. The zero-order valence-electron chi connectivity index (χ0n) is 9.57. The Bertz CT molecular complexity index is 555. The van der Waals surface area contributed by atoms with Gasteiger partial charge in [0, 0.05) is 11.5 Å². The quantitative estimate of drug-likeness (QED) is 0.846. The molecule has 0 aliphatic carbocycles. The molecule has 90 valence electrons. The summed E-state index contributed by atoms with van der Waals surface area (Å²) in [5.41, 5.74) is 14.3. The van der Waals surface area contributed by atoms with Crippen molar-refractivity contribution in [2.24, 2.45) is 0 Å². The number of aryl methyl sites for hydroxylation is 1. The predicted molar refractivity (Wildman–Crippen MR) is 72.8 cm³/mol. The first-order chi connectivity index (χ1) is 8.17. The van der Waals surface area contributed by atoms with Crippen molar-refractivity contribution in [3.63, 3.8) is 0 Å². The van der Waals surface area contributed by atoms with Crippen molar-refractivity contribution in [2.75, 3.05) is 11.5 Å². The highest BCUT2D eigenvalue weighted by molar-refractivity contribution is 9.08. The van der Waals surface area contributed by atoms with E-state index in [9.17, 15) is 0 Å². The maximum Gasteiger partial charge on any atom is 0.224 e. The fourth-order valence-electron chi connectivity index (χ4n) is 1.89. The molecule has 0 saturated heterocycles. The molecule has 0 bridgehead atoms. The average molecular weight is 296 g/mol. The van der Waals surface area contributed by atoms with Gasteiger partial charge in [0.15, 0.2) is 5.65 Å². The minimum absolute atomic E-state index is 0.163. The SMILES string of the molecule is CCCc1c(CBr)cnc2nc(N)nc(N)c12. The number of halogens is 1. The Kier molecular flexibility index (Phi) is 3.42. The molecule has 0 saturated carbocycles. The van der Waals surface area contributed by atoms with Crippen LogP contribution in [-0.2, 0) is 11.8 Å². The summed E-state index contributed by atoms with van der Waals surface area (Å²) in [5.74, 6) is 0.572. The number of aromatic nitrogens is 3. The van der Waals surface area contributed by atoms with Gasteiger partial charge in [-0.05, 0) is 17.5 Å². The molecule has 0 fully saturated rings. The van der Waals surface area contributed by atoms with Crippen LogP contribution >= 0.6 is 15.9 Å². The van der Waals surface area contributed by atoms with E-state index >= 15 is 0 Å². The van der Waals surface area contributed by atoms with Gasteiger partial charge in [0.25, 0.3) is 0 Å². The van der Waals surface area contributed by atoms with Crippen LogP contribution in [0.15, 0.2) is 6.20 Å². The number of nitrogens with two attached hydrogens (primary N) is 2. The zero-order valence-corrected chi connectivity index (χ0v) is 11.2. The first-order valence-electron chi connectivity index (χ1n) is 5.42. The third-order valence-electron chi connectivity index (χ3n) is 2.61. The fourth-order valence-corrected chi connectivity index (χ4v) is 2.38. The summed E-state index contributed by atoms with van der Waals surface area (Å²) in [6.45, 7) is 2.12. The van der Waals surface area contributed by atoms with Gasteiger partial charge in [-0.25, -0.2) is 4.98 Å². The highest BCUT2D eigenvalue weighted by Crippen LogP contribution is 2.26. The van der Waals surface area contributed by atoms with Crippen molar-refractivity contribution in [2.45, 2.75) is 25.1 Å². The Morgan fingerprint density at radius 2 is 2.06 bits per heavy atom. The zero-order chi connectivity index (χ0) is 12.4. The maximum absolute atomic E-state index is 5.93. The van der Waals surface area contributed by atoms with Crippen molar-refractivity contribution in [1.29, 1.82) is 0 Å². The van der Waals surface area contributed by atoms with Crippen molar-refractivity contribution in [3.8, 4) is 0 Å². The molecule has 17 heavy (non-hydrogen) atoms. The van der Waals surface area contributed by atoms with E-state index in [1.807, 2.05) is 6.20 Å². The number of anilines is 2. The van der Waals surface area contributed by atoms with Gasteiger partial charge in [-0.1, -0.05) is 29.3 Å². The molecule has 2 rings (SSSR count). The number of pyridine rings is 1. The van der Waals surface area contributed by atoms with Gasteiger partial charge in [-0.15, -0.1) is 0 Å². The normalized spacial score (nSPS) is 10.9. The van der Waals surface area contributed by atoms with E-state index in [1.165, 1.54) is 0 Å². The smallest absolute Gasteiger partial charge is 0.224 e. The molecule has 0 atom stereocenters. The molecule has 0 aliphatic rings. The van der Waals surface area contributed by atoms with Crippen LogP contribution in [0.25, 0.3) is 11.0 Å². The molecule has 0 aromatic carbocycles. The third kappa shape index (κ3) is 2.17. The number of nitrogens with zero attached hydrogens (tertiary/aromatic N) is 3. The molecular weight excluding hydrogens is 282 g/mol. The van der Waals surface area contributed by atoms with Crippen LogP contribution in [0.2, 0.25) is 0 Å². The van der Waals surface area contributed by atoms with Crippen LogP contribution in [0.1, 0.15) is 24.5 Å². The Hall–Kier alpha value is -1.43. The molecule has 0 radical (unpaired) electrons. The van der Waals surface area contributed by atoms with Gasteiger partial charge >= 0.3 is 0 Å². The second-order valence-corrected chi connectivity index (χ2v) is 4.37. The summed E-state index contributed by atoms with van der Waals surface area (Å²) in [5, 5.41) is 1.58. The third-order valence-corrected chi connectivity index (χ3v) is 3.22. The minimum Gasteiger partial charge on any atom is -0.383 e. The summed E-state index contributed by atoms with van der Waals surface area (Å²) >= 11 is 3.46. The molecule has 0 spiro atoms. The van der Waals surface area contributed by atoms with Gasteiger partial charge in [0.2, 0.25) is 5.95 Å². The van der Waals surface area contributed by atoms with E-state index in [0.29, 0.717) is 11.5 Å². The van der Waals surface area contributed by atoms with E-state index in [0.717, 1.165) is 34.7 Å². The second-order valence-electron chi connectivity index (χ2n) is 3.81. The maximum atomic E-state index is 5.93. The lowest BCUT2D eigenvalue weighted by Gasteiger charge is -2.11. The lowest BCUT2D eigenvalue weighted by atomic mass is 10.0. The fraction of sp³-hybridized carbons (Fsp3) is 0.364. The monoisotopic (exact) mass is 295 g/mol. The number of rotatable bonds is 3. The van der Waals surface area contributed by atoms with Crippen LogP contribution in [0.5, 0.6) is 0 Å². The van der Waals surface area contributed by atoms with E-state index in [-0.39, 0.29) is 5.95 Å². The van der Waals surface area contributed by atoms with Crippen LogP contribution < -0.4 is 11.5 Å². The molecule has 0 amide bonds. The van der Waals surface area contributed by atoms with Gasteiger partial charge in [-0.3, -0.25) is 0 Å². The van der Waals surface area contributed by atoms with Crippen molar-refractivity contribution < 1.29 is 0 Å². The number of hydrogen-bond donors (Lipinski definition) is 2. The van der Waals surface area contributed by atoms with E-state index in [1.54, 1.807) is 0 Å². The second kappa shape index (κ2) is 4.83. The molecule has 6 heteroatoms. The van der Waals surface area contributed by atoms with E-state index in [2.05, 4.69) is 37.8 Å². The lowest BCUT2D eigenvalue weighted by molar-refractivity contribution is 0.915. The summed E-state index contributed by atoms with van der Waals surface area (Å²) in [7, 11) is 0. The highest BCUT2D eigenvalue weighted by atomic mass is 79.9. The van der Waals surface area contributed by atoms with Crippen molar-refractivity contribution in [3.05, 3.63) is 17.3 Å². The largest absolute Gasteiger partial charge is 0.383 e. The molecule has 0 unspecified atom stereocenters. The average Bonchev–Trinajstić information content (AvgIpc) is 2.29. The van der Waals surface area contributed by atoms with E-state index in [4.69, 9.17) is 11.5 Å². The molecule has 0 aliphatic heterocycles. The summed E-state index contributed by atoms with van der Waals surface area (Å²) in [4.78, 5) is 12.4. The molecule has 5 nitrogen and oxygen atoms in total. The molecule has 4 N–H and O–H groups in total.